The van der Waals surface area contributed by atoms with Crippen LogP contribution < -0.4 is 4.74 Å². The largest absolute Gasteiger partial charge is 0.489 e. The molecule has 20 heavy (non-hydrogen) atoms. The monoisotopic (exact) mass is 277 g/mol. The molecule has 0 bridgehead atoms. The fraction of sp³-hybridized carbons (Fsp3) is 0.133. The van der Waals surface area contributed by atoms with Crippen LogP contribution in [0, 0.1) is 11.6 Å². The average molecular weight is 277 g/mol. The van der Waals surface area contributed by atoms with Crippen LogP contribution in [-0.4, -0.2) is 10.9 Å². The van der Waals surface area contributed by atoms with Gasteiger partial charge in [-0.05, 0) is 37.3 Å². The van der Waals surface area contributed by atoms with Crippen LogP contribution in [-0.2, 0) is 6.61 Å². The van der Waals surface area contributed by atoms with Crippen molar-refractivity contribution in [2.24, 2.45) is 5.16 Å². The van der Waals surface area contributed by atoms with Gasteiger partial charge in [0.25, 0.3) is 0 Å². The molecule has 0 fully saturated rings. The van der Waals surface area contributed by atoms with Gasteiger partial charge in [0.15, 0.2) is 0 Å². The second-order valence-corrected chi connectivity index (χ2v) is 4.24. The summed E-state index contributed by atoms with van der Waals surface area (Å²) in [4.78, 5) is 0. The molecule has 0 unspecified atom stereocenters. The van der Waals surface area contributed by atoms with Crippen LogP contribution in [0.2, 0.25) is 0 Å². The Balaban J connectivity index is 2.13. The highest BCUT2D eigenvalue weighted by Gasteiger charge is 2.06. The van der Waals surface area contributed by atoms with E-state index >= 15 is 0 Å². The van der Waals surface area contributed by atoms with E-state index in [9.17, 15) is 8.78 Å². The first-order valence-corrected chi connectivity index (χ1v) is 5.96. The van der Waals surface area contributed by atoms with Crippen LogP contribution in [0.15, 0.2) is 47.6 Å². The molecule has 0 aromatic heterocycles. The highest BCUT2D eigenvalue weighted by atomic mass is 19.1. The molecular weight excluding hydrogens is 264 g/mol. The SMILES string of the molecule is C/C(=N/O)c1cccc(OCc2cc(F)ccc2F)c1. The molecule has 104 valence electrons. The van der Waals surface area contributed by atoms with Crippen molar-refractivity contribution in [2.75, 3.05) is 0 Å². The molecule has 0 aliphatic rings. The molecule has 0 radical (unpaired) electrons. The molecule has 0 spiro atoms. The summed E-state index contributed by atoms with van der Waals surface area (Å²) in [6, 6.07) is 10.0. The van der Waals surface area contributed by atoms with Gasteiger partial charge in [-0.15, -0.1) is 0 Å². The summed E-state index contributed by atoms with van der Waals surface area (Å²) in [5, 5.41) is 11.8. The lowest BCUT2D eigenvalue weighted by Gasteiger charge is -2.08. The Kier molecular flexibility index (Phi) is 4.30. The van der Waals surface area contributed by atoms with Gasteiger partial charge in [-0.1, -0.05) is 17.3 Å². The molecule has 2 aromatic carbocycles. The molecule has 0 saturated carbocycles. The van der Waals surface area contributed by atoms with Crippen molar-refractivity contribution in [2.45, 2.75) is 13.5 Å². The minimum absolute atomic E-state index is 0.0810. The molecule has 2 rings (SSSR count). The van der Waals surface area contributed by atoms with Crippen LogP contribution in [0.3, 0.4) is 0 Å². The zero-order valence-corrected chi connectivity index (χ0v) is 10.8. The topological polar surface area (TPSA) is 41.8 Å². The quantitative estimate of drug-likeness (QED) is 0.525. The second-order valence-electron chi connectivity index (χ2n) is 4.24. The van der Waals surface area contributed by atoms with E-state index in [0.717, 1.165) is 18.2 Å². The van der Waals surface area contributed by atoms with E-state index in [1.54, 1.807) is 31.2 Å². The van der Waals surface area contributed by atoms with Crippen LogP contribution in [0.1, 0.15) is 18.1 Å². The van der Waals surface area contributed by atoms with Crippen molar-refractivity contribution in [3.8, 4) is 5.75 Å². The van der Waals surface area contributed by atoms with Crippen molar-refractivity contribution < 1.29 is 18.7 Å². The molecule has 0 aliphatic carbocycles. The van der Waals surface area contributed by atoms with Crippen molar-refractivity contribution >= 4 is 5.71 Å². The van der Waals surface area contributed by atoms with E-state index in [1.807, 2.05) is 0 Å². The number of hydrogen-bond donors (Lipinski definition) is 1. The lowest BCUT2D eigenvalue weighted by Crippen LogP contribution is -2.01. The van der Waals surface area contributed by atoms with Crippen molar-refractivity contribution in [3.05, 3.63) is 65.2 Å². The maximum absolute atomic E-state index is 13.4. The van der Waals surface area contributed by atoms with E-state index < -0.39 is 11.6 Å². The van der Waals surface area contributed by atoms with E-state index in [1.165, 1.54) is 0 Å². The van der Waals surface area contributed by atoms with Crippen molar-refractivity contribution in [3.63, 3.8) is 0 Å². The Morgan fingerprint density at radius 3 is 2.75 bits per heavy atom. The lowest BCUT2D eigenvalue weighted by molar-refractivity contribution is 0.299. The highest BCUT2D eigenvalue weighted by Crippen LogP contribution is 2.17. The molecule has 1 N–H and O–H groups in total. The van der Waals surface area contributed by atoms with Gasteiger partial charge in [0.2, 0.25) is 0 Å². The van der Waals surface area contributed by atoms with Gasteiger partial charge in [-0.3, -0.25) is 0 Å². The molecule has 0 atom stereocenters. The number of benzene rings is 2. The first-order chi connectivity index (χ1) is 9.60. The van der Waals surface area contributed by atoms with Crippen LogP contribution in [0.4, 0.5) is 8.78 Å². The van der Waals surface area contributed by atoms with Crippen LogP contribution >= 0.6 is 0 Å². The summed E-state index contributed by atoms with van der Waals surface area (Å²) in [7, 11) is 0. The third-order valence-corrected chi connectivity index (χ3v) is 2.80. The average Bonchev–Trinajstić information content (AvgIpc) is 2.47. The smallest absolute Gasteiger partial charge is 0.130 e. The molecule has 3 nitrogen and oxygen atoms in total. The Labute approximate surface area is 115 Å². The fourth-order valence-corrected chi connectivity index (χ4v) is 1.68. The summed E-state index contributed by atoms with van der Waals surface area (Å²) < 4.78 is 31.9. The maximum Gasteiger partial charge on any atom is 0.130 e. The number of hydrogen-bond acceptors (Lipinski definition) is 3. The van der Waals surface area contributed by atoms with E-state index in [4.69, 9.17) is 9.94 Å². The number of ether oxygens (including phenoxy) is 1. The lowest BCUT2D eigenvalue weighted by atomic mass is 10.1. The minimum atomic E-state index is -0.518. The van der Waals surface area contributed by atoms with E-state index in [2.05, 4.69) is 5.16 Å². The number of nitrogens with zero attached hydrogens (tertiary/aromatic N) is 1. The predicted octanol–water partition coefficient (Wildman–Crippen LogP) is 3.74. The zero-order valence-electron chi connectivity index (χ0n) is 10.8. The van der Waals surface area contributed by atoms with Gasteiger partial charge in [0, 0.05) is 11.1 Å². The van der Waals surface area contributed by atoms with Crippen LogP contribution in [0.25, 0.3) is 0 Å². The number of rotatable bonds is 4. The molecule has 5 heteroatoms. The molecule has 0 heterocycles. The Hall–Kier alpha value is -2.43. The summed E-state index contributed by atoms with van der Waals surface area (Å²) >= 11 is 0. The number of halogens is 2. The minimum Gasteiger partial charge on any atom is -0.489 e. The first kappa shape index (κ1) is 14.0. The standard InChI is InChI=1S/C15H13F2NO2/c1-10(18-19)11-3-2-4-14(8-11)20-9-12-7-13(16)5-6-15(12)17/h2-8,19H,9H2,1H3/b18-10-. The molecule has 2 aromatic rings. The summed E-state index contributed by atoms with van der Waals surface area (Å²) in [5.74, 6) is -0.549. The van der Waals surface area contributed by atoms with Gasteiger partial charge >= 0.3 is 0 Å². The van der Waals surface area contributed by atoms with Gasteiger partial charge in [-0.2, -0.15) is 0 Å². The molecule has 0 saturated heterocycles. The maximum atomic E-state index is 13.4. The molecular formula is C15H13F2NO2. The van der Waals surface area contributed by atoms with Crippen molar-refractivity contribution in [1.82, 2.24) is 0 Å². The summed E-state index contributed by atoms with van der Waals surface area (Å²) in [5.41, 5.74) is 1.26. The van der Waals surface area contributed by atoms with Gasteiger partial charge in [0.05, 0.1) is 5.71 Å². The Morgan fingerprint density at radius 1 is 1.20 bits per heavy atom. The molecule has 0 amide bonds. The van der Waals surface area contributed by atoms with E-state index in [0.29, 0.717) is 17.0 Å². The third kappa shape index (κ3) is 3.32. The summed E-state index contributed by atoms with van der Waals surface area (Å²) in [6.45, 7) is 1.56. The third-order valence-electron chi connectivity index (χ3n) is 2.80. The Bertz CT molecular complexity index is 642. The van der Waals surface area contributed by atoms with Crippen molar-refractivity contribution in [1.29, 1.82) is 0 Å². The van der Waals surface area contributed by atoms with E-state index in [-0.39, 0.29) is 12.2 Å². The molecule has 0 aliphatic heterocycles. The first-order valence-electron chi connectivity index (χ1n) is 5.96. The zero-order chi connectivity index (χ0) is 14.5. The second kappa shape index (κ2) is 6.14. The summed E-state index contributed by atoms with van der Waals surface area (Å²) in [6.07, 6.45) is 0. The van der Waals surface area contributed by atoms with Gasteiger partial charge < -0.3 is 9.94 Å². The fourth-order valence-electron chi connectivity index (χ4n) is 1.68. The normalized spacial score (nSPS) is 11.4. The van der Waals surface area contributed by atoms with Crippen LogP contribution in [0.5, 0.6) is 5.75 Å². The highest BCUT2D eigenvalue weighted by molar-refractivity contribution is 5.98. The predicted molar refractivity (Wildman–Crippen MR) is 71.1 cm³/mol. The Morgan fingerprint density at radius 2 is 2.00 bits per heavy atom. The van der Waals surface area contributed by atoms with Gasteiger partial charge in [0.1, 0.15) is 24.0 Å². The van der Waals surface area contributed by atoms with Gasteiger partial charge in [-0.25, -0.2) is 8.78 Å². The number of oxime groups is 1.